The number of likely N-dealkylation sites (tertiary alicyclic amines) is 1. The molecule has 148 valence electrons. The van der Waals surface area contributed by atoms with Gasteiger partial charge >= 0.3 is 0 Å². The lowest BCUT2D eigenvalue weighted by Gasteiger charge is -2.17. The zero-order valence-corrected chi connectivity index (χ0v) is 16.0. The number of nitrogens with one attached hydrogen (secondary N) is 1. The molecular weight excluding hydrogens is 359 g/mol. The van der Waals surface area contributed by atoms with Gasteiger partial charge in [0.2, 0.25) is 11.8 Å². The fourth-order valence-corrected chi connectivity index (χ4v) is 3.38. The van der Waals surface area contributed by atoms with E-state index in [-0.39, 0.29) is 30.0 Å². The molecule has 2 aromatic rings. The lowest BCUT2D eigenvalue weighted by atomic mass is 10.1. The van der Waals surface area contributed by atoms with Crippen molar-refractivity contribution in [2.75, 3.05) is 26.7 Å². The Kier molecular flexibility index (Phi) is 6.63. The van der Waals surface area contributed by atoms with Crippen LogP contribution in [0.5, 0.6) is 5.75 Å². The van der Waals surface area contributed by atoms with E-state index in [1.165, 1.54) is 12.1 Å². The van der Waals surface area contributed by atoms with Crippen LogP contribution >= 0.6 is 0 Å². The third kappa shape index (κ3) is 5.31. The van der Waals surface area contributed by atoms with E-state index in [0.717, 1.165) is 23.3 Å². The molecule has 0 aliphatic carbocycles. The van der Waals surface area contributed by atoms with Crippen molar-refractivity contribution in [3.05, 3.63) is 65.5 Å². The van der Waals surface area contributed by atoms with Gasteiger partial charge in [-0.25, -0.2) is 4.39 Å². The minimum Gasteiger partial charge on any atom is -0.497 e. The van der Waals surface area contributed by atoms with Crippen molar-refractivity contribution < 1.29 is 18.7 Å². The molecule has 3 rings (SSSR count). The number of carbonyl (C=O) groups excluding carboxylic acids is 2. The quantitative estimate of drug-likeness (QED) is 0.761. The van der Waals surface area contributed by atoms with Gasteiger partial charge in [0.15, 0.2) is 0 Å². The van der Waals surface area contributed by atoms with E-state index >= 15 is 0 Å². The first kappa shape index (κ1) is 19.9. The number of hydrogen-bond acceptors (Lipinski definition) is 3. The SMILES string of the molecule is COc1cccc(CCN2CC(C(=O)NCCc3ccc(F)cc3)CC2=O)c1. The smallest absolute Gasteiger partial charge is 0.225 e. The zero-order valence-electron chi connectivity index (χ0n) is 16.0. The van der Waals surface area contributed by atoms with Crippen molar-refractivity contribution >= 4 is 11.8 Å². The average Bonchev–Trinajstić information content (AvgIpc) is 3.09. The summed E-state index contributed by atoms with van der Waals surface area (Å²) in [5, 5.41) is 2.89. The monoisotopic (exact) mass is 384 g/mol. The lowest BCUT2D eigenvalue weighted by molar-refractivity contribution is -0.129. The molecule has 0 spiro atoms. The molecule has 1 unspecified atom stereocenters. The molecule has 1 atom stereocenters. The molecule has 1 heterocycles. The Morgan fingerprint density at radius 1 is 1.18 bits per heavy atom. The molecule has 1 N–H and O–H groups in total. The van der Waals surface area contributed by atoms with Crippen molar-refractivity contribution in [2.24, 2.45) is 5.92 Å². The summed E-state index contributed by atoms with van der Waals surface area (Å²) in [5.74, 6) is 0.127. The first-order valence-electron chi connectivity index (χ1n) is 9.48. The van der Waals surface area contributed by atoms with Gasteiger partial charge in [0, 0.05) is 26.1 Å². The summed E-state index contributed by atoms with van der Waals surface area (Å²) < 4.78 is 18.1. The summed E-state index contributed by atoms with van der Waals surface area (Å²) in [5.41, 5.74) is 2.06. The van der Waals surface area contributed by atoms with Crippen molar-refractivity contribution in [1.29, 1.82) is 0 Å². The molecule has 1 saturated heterocycles. The summed E-state index contributed by atoms with van der Waals surface area (Å²) in [6.45, 7) is 1.51. The first-order valence-corrected chi connectivity index (χ1v) is 9.48. The van der Waals surface area contributed by atoms with E-state index in [0.29, 0.717) is 26.1 Å². The highest BCUT2D eigenvalue weighted by molar-refractivity contribution is 5.89. The van der Waals surface area contributed by atoms with Gasteiger partial charge in [-0.2, -0.15) is 0 Å². The summed E-state index contributed by atoms with van der Waals surface area (Å²) in [6, 6.07) is 14.0. The normalized spacial score (nSPS) is 16.3. The molecule has 0 aromatic heterocycles. The van der Waals surface area contributed by atoms with Crippen molar-refractivity contribution in [1.82, 2.24) is 10.2 Å². The predicted molar refractivity (Wildman–Crippen MR) is 104 cm³/mol. The van der Waals surface area contributed by atoms with Crippen LogP contribution in [0.1, 0.15) is 17.5 Å². The Labute approximate surface area is 164 Å². The van der Waals surface area contributed by atoms with Gasteiger partial charge in [0.05, 0.1) is 13.0 Å². The van der Waals surface area contributed by atoms with Crippen LogP contribution in [0.25, 0.3) is 0 Å². The third-order valence-electron chi connectivity index (χ3n) is 5.02. The third-order valence-corrected chi connectivity index (χ3v) is 5.02. The Bertz CT molecular complexity index is 823. The topological polar surface area (TPSA) is 58.6 Å². The van der Waals surface area contributed by atoms with Crippen molar-refractivity contribution in [3.8, 4) is 5.75 Å². The molecule has 1 fully saturated rings. The molecule has 1 aliphatic heterocycles. The minimum absolute atomic E-state index is 0.0154. The summed E-state index contributed by atoms with van der Waals surface area (Å²) in [7, 11) is 1.63. The molecule has 28 heavy (non-hydrogen) atoms. The van der Waals surface area contributed by atoms with Crippen LogP contribution < -0.4 is 10.1 Å². The first-order chi connectivity index (χ1) is 13.5. The lowest BCUT2D eigenvalue weighted by Crippen LogP contribution is -2.34. The van der Waals surface area contributed by atoms with Gasteiger partial charge in [-0.05, 0) is 48.2 Å². The summed E-state index contributed by atoms with van der Waals surface area (Å²) in [6.07, 6.45) is 1.61. The highest BCUT2D eigenvalue weighted by Crippen LogP contribution is 2.19. The van der Waals surface area contributed by atoms with E-state index in [1.54, 1.807) is 24.1 Å². The fraction of sp³-hybridized carbons (Fsp3) is 0.364. The second-order valence-electron chi connectivity index (χ2n) is 7.01. The summed E-state index contributed by atoms with van der Waals surface area (Å²) in [4.78, 5) is 26.4. The average molecular weight is 384 g/mol. The second-order valence-corrected chi connectivity index (χ2v) is 7.01. The number of benzene rings is 2. The Morgan fingerprint density at radius 2 is 1.96 bits per heavy atom. The number of halogens is 1. The molecule has 2 amide bonds. The maximum absolute atomic E-state index is 12.9. The minimum atomic E-state index is -0.314. The highest BCUT2D eigenvalue weighted by atomic mass is 19.1. The van der Waals surface area contributed by atoms with Crippen molar-refractivity contribution in [2.45, 2.75) is 19.3 Å². The summed E-state index contributed by atoms with van der Waals surface area (Å²) >= 11 is 0. The van der Waals surface area contributed by atoms with Gasteiger partial charge in [-0.3, -0.25) is 9.59 Å². The Morgan fingerprint density at radius 3 is 2.71 bits per heavy atom. The van der Waals surface area contributed by atoms with Gasteiger partial charge in [-0.1, -0.05) is 24.3 Å². The highest BCUT2D eigenvalue weighted by Gasteiger charge is 2.33. The number of hydrogen-bond donors (Lipinski definition) is 1. The second kappa shape index (κ2) is 9.35. The van der Waals surface area contributed by atoms with Crippen molar-refractivity contribution in [3.63, 3.8) is 0 Å². The number of rotatable bonds is 8. The van der Waals surface area contributed by atoms with Gasteiger partial charge in [0.25, 0.3) is 0 Å². The Balaban J connectivity index is 1.43. The maximum atomic E-state index is 12.9. The van der Waals surface area contributed by atoms with Crippen LogP contribution in [0.4, 0.5) is 4.39 Å². The van der Waals surface area contributed by atoms with Crippen LogP contribution in [0, 0.1) is 11.7 Å². The van der Waals surface area contributed by atoms with E-state index < -0.39 is 0 Å². The van der Waals surface area contributed by atoms with Crippen LogP contribution in [-0.2, 0) is 22.4 Å². The molecule has 6 heteroatoms. The molecular formula is C22H25FN2O3. The van der Waals surface area contributed by atoms with Crippen LogP contribution in [-0.4, -0.2) is 43.5 Å². The Hall–Kier alpha value is -2.89. The van der Waals surface area contributed by atoms with E-state index in [9.17, 15) is 14.0 Å². The van der Waals surface area contributed by atoms with Crippen LogP contribution in [0.2, 0.25) is 0 Å². The number of carbonyl (C=O) groups is 2. The number of methoxy groups -OCH3 is 1. The molecule has 5 nitrogen and oxygen atoms in total. The number of nitrogens with zero attached hydrogens (tertiary/aromatic N) is 1. The van der Waals surface area contributed by atoms with E-state index in [1.807, 2.05) is 24.3 Å². The fourth-order valence-electron chi connectivity index (χ4n) is 3.38. The number of amides is 2. The van der Waals surface area contributed by atoms with Crippen LogP contribution in [0.15, 0.2) is 48.5 Å². The van der Waals surface area contributed by atoms with E-state index in [4.69, 9.17) is 4.74 Å². The molecule has 0 radical (unpaired) electrons. The van der Waals surface area contributed by atoms with Gasteiger partial charge in [-0.15, -0.1) is 0 Å². The van der Waals surface area contributed by atoms with Gasteiger partial charge < -0.3 is 15.0 Å². The standard InChI is InChI=1S/C22H25FN2O3/c1-28-20-4-2-3-17(13-20)10-12-25-15-18(14-21(25)26)22(27)24-11-9-16-5-7-19(23)8-6-16/h2-8,13,18H,9-12,14-15H2,1H3,(H,24,27). The van der Waals surface area contributed by atoms with E-state index in [2.05, 4.69) is 5.32 Å². The molecule has 0 saturated carbocycles. The zero-order chi connectivity index (χ0) is 19.9. The maximum Gasteiger partial charge on any atom is 0.225 e. The molecule has 2 aromatic carbocycles. The van der Waals surface area contributed by atoms with Crippen LogP contribution in [0.3, 0.4) is 0 Å². The molecule has 1 aliphatic rings. The number of ether oxygens (including phenoxy) is 1. The van der Waals surface area contributed by atoms with Gasteiger partial charge in [0.1, 0.15) is 11.6 Å². The molecule has 0 bridgehead atoms. The predicted octanol–water partition coefficient (Wildman–Crippen LogP) is 2.58. The largest absolute Gasteiger partial charge is 0.497 e.